The standard InChI is InChI=1S/C17H18N4O4/c1-3-12(2)17(13-7-5-4-6-8-13)19-18-15-10-9-14(20(22)23)11-16(15)21(24)25/h4-12,18H,3H2,1-2H3/b19-17+. The van der Waals surface area contributed by atoms with Gasteiger partial charge in [-0.05, 0) is 18.1 Å². The van der Waals surface area contributed by atoms with E-state index in [1.165, 1.54) is 12.1 Å². The lowest BCUT2D eigenvalue weighted by Crippen LogP contribution is -2.14. The van der Waals surface area contributed by atoms with Gasteiger partial charge in [0, 0.05) is 12.0 Å². The molecule has 0 saturated carbocycles. The van der Waals surface area contributed by atoms with Gasteiger partial charge in [0.15, 0.2) is 0 Å². The normalized spacial score (nSPS) is 12.5. The highest BCUT2D eigenvalue weighted by Gasteiger charge is 2.20. The van der Waals surface area contributed by atoms with E-state index in [-0.39, 0.29) is 17.3 Å². The van der Waals surface area contributed by atoms with E-state index >= 15 is 0 Å². The number of benzene rings is 2. The summed E-state index contributed by atoms with van der Waals surface area (Å²) in [6, 6.07) is 12.9. The fourth-order valence-corrected chi connectivity index (χ4v) is 2.26. The summed E-state index contributed by atoms with van der Waals surface area (Å²) < 4.78 is 0. The highest BCUT2D eigenvalue weighted by atomic mass is 16.6. The summed E-state index contributed by atoms with van der Waals surface area (Å²) in [5.74, 6) is 0.131. The van der Waals surface area contributed by atoms with E-state index in [1.54, 1.807) is 0 Å². The smallest absolute Gasteiger partial charge is 0.271 e. The van der Waals surface area contributed by atoms with Gasteiger partial charge in [0.2, 0.25) is 0 Å². The molecule has 0 amide bonds. The van der Waals surface area contributed by atoms with Crippen molar-refractivity contribution in [1.29, 1.82) is 0 Å². The van der Waals surface area contributed by atoms with Crippen LogP contribution in [0.25, 0.3) is 0 Å². The summed E-state index contributed by atoms with van der Waals surface area (Å²) >= 11 is 0. The summed E-state index contributed by atoms with van der Waals surface area (Å²) in [7, 11) is 0. The highest BCUT2D eigenvalue weighted by molar-refractivity contribution is 6.02. The number of hydrogen-bond acceptors (Lipinski definition) is 6. The second-order valence-corrected chi connectivity index (χ2v) is 5.50. The average Bonchev–Trinajstić information content (AvgIpc) is 2.62. The van der Waals surface area contributed by atoms with Crippen molar-refractivity contribution < 1.29 is 9.85 Å². The number of anilines is 1. The minimum atomic E-state index is -0.672. The van der Waals surface area contributed by atoms with Gasteiger partial charge < -0.3 is 0 Å². The van der Waals surface area contributed by atoms with Crippen molar-refractivity contribution in [2.75, 3.05) is 5.43 Å². The highest BCUT2D eigenvalue weighted by Crippen LogP contribution is 2.29. The fourth-order valence-electron chi connectivity index (χ4n) is 2.26. The molecule has 0 aliphatic carbocycles. The Hall–Kier alpha value is -3.29. The first-order valence-electron chi connectivity index (χ1n) is 7.75. The topological polar surface area (TPSA) is 111 Å². The number of nitrogens with zero attached hydrogens (tertiary/aromatic N) is 3. The zero-order chi connectivity index (χ0) is 18.4. The second kappa shape index (κ2) is 8.00. The van der Waals surface area contributed by atoms with Gasteiger partial charge in [-0.3, -0.25) is 25.7 Å². The van der Waals surface area contributed by atoms with Gasteiger partial charge in [-0.2, -0.15) is 5.10 Å². The number of nitro benzene ring substituents is 2. The molecule has 0 fully saturated rings. The third-order valence-corrected chi connectivity index (χ3v) is 3.83. The Morgan fingerprint density at radius 3 is 2.36 bits per heavy atom. The van der Waals surface area contributed by atoms with Crippen LogP contribution < -0.4 is 5.43 Å². The van der Waals surface area contributed by atoms with Crippen LogP contribution in [-0.2, 0) is 0 Å². The van der Waals surface area contributed by atoms with Gasteiger partial charge in [-0.15, -0.1) is 0 Å². The van der Waals surface area contributed by atoms with E-state index in [4.69, 9.17) is 0 Å². The number of rotatable bonds is 7. The second-order valence-electron chi connectivity index (χ2n) is 5.50. The van der Waals surface area contributed by atoms with Crippen LogP contribution in [0, 0.1) is 26.1 Å². The minimum Gasteiger partial charge on any atom is -0.271 e. The molecule has 0 bridgehead atoms. The SMILES string of the molecule is CCC(C)/C(=N\Nc1ccc([N+](=O)[O-])cc1[N+](=O)[O-])c1ccccc1. The Morgan fingerprint density at radius 2 is 1.80 bits per heavy atom. The van der Waals surface area contributed by atoms with Gasteiger partial charge in [0.05, 0.1) is 21.6 Å². The number of hydrazone groups is 1. The molecular weight excluding hydrogens is 324 g/mol. The summed E-state index contributed by atoms with van der Waals surface area (Å²) in [6.07, 6.45) is 0.845. The van der Waals surface area contributed by atoms with E-state index in [0.717, 1.165) is 23.8 Å². The molecule has 1 atom stereocenters. The molecule has 1 N–H and O–H groups in total. The van der Waals surface area contributed by atoms with Crippen molar-refractivity contribution in [3.05, 3.63) is 74.3 Å². The van der Waals surface area contributed by atoms with Crippen molar-refractivity contribution in [1.82, 2.24) is 0 Å². The molecule has 0 aliphatic heterocycles. The van der Waals surface area contributed by atoms with Crippen LogP contribution >= 0.6 is 0 Å². The maximum Gasteiger partial charge on any atom is 0.301 e. The van der Waals surface area contributed by atoms with Gasteiger partial charge in [-0.25, -0.2) is 0 Å². The van der Waals surface area contributed by atoms with Crippen molar-refractivity contribution in [3.63, 3.8) is 0 Å². The monoisotopic (exact) mass is 342 g/mol. The molecule has 0 aliphatic rings. The van der Waals surface area contributed by atoms with E-state index in [9.17, 15) is 20.2 Å². The van der Waals surface area contributed by atoms with E-state index in [1.807, 2.05) is 44.2 Å². The molecule has 2 aromatic rings. The van der Waals surface area contributed by atoms with Crippen LogP contribution in [0.15, 0.2) is 53.6 Å². The Labute approximate surface area is 144 Å². The maximum atomic E-state index is 11.2. The van der Waals surface area contributed by atoms with Crippen molar-refractivity contribution in [2.24, 2.45) is 11.0 Å². The van der Waals surface area contributed by atoms with Crippen LogP contribution in [-0.4, -0.2) is 15.6 Å². The lowest BCUT2D eigenvalue weighted by Gasteiger charge is -2.13. The largest absolute Gasteiger partial charge is 0.301 e. The number of nitrogens with one attached hydrogen (secondary N) is 1. The molecule has 130 valence electrons. The molecular formula is C17H18N4O4. The Kier molecular flexibility index (Phi) is 5.78. The summed E-state index contributed by atoms with van der Waals surface area (Å²) in [6.45, 7) is 4.04. The first kappa shape index (κ1) is 18.1. The molecule has 0 spiro atoms. The first-order chi connectivity index (χ1) is 11.9. The number of non-ortho nitro benzene ring substituents is 1. The average molecular weight is 342 g/mol. The molecule has 25 heavy (non-hydrogen) atoms. The molecule has 0 radical (unpaired) electrons. The first-order valence-corrected chi connectivity index (χ1v) is 7.75. The summed E-state index contributed by atoms with van der Waals surface area (Å²) in [5.41, 5.74) is 3.74. The number of nitro groups is 2. The lowest BCUT2D eigenvalue weighted by atomic mass is 9.96. The summed E-state index contributed by atoms with van der Waals surface area (Å²) in [5, 5.41) is 26.3. The Bertz CT molecular complexity index is 806. The van der Waals surface area contributed by atoms with E-state index < -0.39 is 15.5 Å². The van der Waals surface area contributed by atoms with Gasteiger partial charge >= 0.3 is 5.69 Å². The molecule has 1 unspecified atom stereocenters. The third-order valence-electron chi connectivity index (χ3n) is 3.83. The molecule has 8 nitrogen and oxygen atoms in total. The van der Waals surface area contributed by atoms with Crippen molar-refractivity contribution in [2.45, 2.75) is 20.3 Å². The molecule has 0 aromatic heterocycles. The Balaban J connectivity index is 2.40. The van der Waals surface area contributed by atoms with Crippen LogP contribution in [0.5, 0.6) is 0 Å². The zero-order valence-corrected chi connectivity index (χ0v) is 13.9. The molecule has 0 saturated heterocycles. The fraction of sp³-hybridized carbons (Fsp3) is 0.235. The maximum absolute atomic E-state index is 11.2. The van der Waals surface area contributed by atoms with E-state index in [0.29, 0.717) is 0 Å². The van der Waals surface area contributed by atoms with Crippen LogP contribution in [0.2, 0.25) is 0 Å². The van der Waals surface area contributed by atoms with Crippen molar-refractivity contribution in [3.8, 4) is 0 Å². The Morgan fingerprint density at radius 1 is 1.12 bits per heavy atom. The predicted molar refractivity (Wildman–Crippen MR) is 95.8 cm³/mol. The number of hydrogen-bond donors (Lipinski definition) is 1. The molecule has 2 aromatic carbocycles. The summed E-state index contributed by atoms with van der Waals surface area (Å²) in [4.78, 5) is 20.7. The molecule has 0 heterocycles. The predicted octanol–water partition coefficient (Wildman–Crippen LogP) is 4.37. The van der Waals surface area contributed by atoms with E-state index in [2.05, 4.69) is 10.5 Å². The van der Waals surface area contributed by atoms with Crippen LogP contribution in [0.4, 0.5) is 17.1 Å². The zero-order valence-electron chi connectivity index (χ0n) is 13.9. The van der Waals surface area contributed by atoms with Crippen molar-refractivity contribution >= 4 is 22.8 Å². The van der Waals surface area contributed by atoms with Crippen LogP contribution in [0.3, 0.4) is 0 Å². The quantitative estimate of drug-likeness (QED) is 0.456. The minimum absolute atomic E-state index is 0.104. The lowest BCUT2D eigenvalue weighted by molar-refractivity contribution is -0.393. The van der Waals surface area contributed by atoms with Crippen LogP contribution in [0.1, 0.15) is 25.8 Å². The van der Waals surface area contributed by atoms with Gasteiger partial charge in [0.25, 0.3) is 5.69 Å². The van der Waals surface area contributed by atoms with Gasteiger partial charge in [0.1, 0.15) is 5.69 Å². The van der Waals surface area contributed by atoms with Gasteiger partial charge in [-0.1, -0.05) is 44.2 Å². The molecule has 8 heteroatoms. The third kappa shape index (κ3) is 4.37. The molecule has 2 rings (SSSR count).